The lowest BCUT2D eigenvalue weighted by Crippen LogP contribution is -2.36. The van der Waals surface area contributed by atoms with E-state index in [0.29, 0.717) is 0 Å². The molecule has 1 aromatic rings. The van der Waals surface area contributed by atoms with Gasteiger partial charge in [-0.2, -0.15) is 0 Å². The standard InChI is InChI=1S/C11H16N2O2S.ClH/c14-16(15,13-11-6-7-12-8-11)9-10-4-2-1-3-5-10;/h1-5,11-13H,6-9H2;1H. The molecule has 0 radical (unpaired) electrons. The summed E-state index contributed by atoms with van der Waals surface area (Å²) in [4.78, 5) is 0. The third-order valence-corrected chi connectivity index (χ3v) is 4.01. The summed E-state index contributed by atoms with van der Waals surface area (Å²) in [6.45, 7) is 1.62. The molecule has 4 nitrogen and oxygen atoms in total. The minimum absolute atomic E-state index is 0. The molecule has 2 N–H and O–H groups in total. The molecular formula is C11H17ClN2O2S. The van der Waals surface area contributed by atoms with Crippen LogP contribution in [0.3, 0.4) is 0 Å². The van der Waals surface area contributed by atoms with E-state index in [-0.39, 0.29) is 24.2 Å². The Hall–Kier alpha value is -0.620. The average Bonchev–Trinajstić information content (AvgIpc) is 2.70. The van der Waals surface area contributed by atoms with Crippen LogP contribution in [0.4, 0.5) is 0 Å². The van der Waals surface area contributed by atoms with Crippen LogP contribution in [0.2, 0.25) is 0 Å². The molecule has 1 saturated heterocycles. The fraction of sp³-hybridized carbons (Fsp3) is 0.455. The monoisotopic (exact) mass is 276 g/mol. The lowest BCUT2D eigenvalue weighted by Gasteiger charge is -2.11. The van der Waals surface area contributed by atoms with Gasteiger partial charge in [-0.1, -0.05) is 30.3 Å². The van der Waals surface area contributed by atoms with Crippen LogP contribution in [-0.2, 0) is 15.8 Å². The summed E-state index contributed by atoms with van der Waals surface area (Å²) in [6.07, 6.45) is 0.869. The first-order chi connectivity index (χ1) is 7.66. The number of benzene rings is 1. The Bertz CT molecular complexity index is 430. The van der Waals surface area contributed by atoms with Crippen molar-refractivity contribution >= 4 is 22.4 Å². The number of hydrogen-bond acceptors (Lipinski definition) is 3. The van der Waals surface area contributed by atoms with Crippen LogP contribution in [0.5, 0.6) is 0 Å². The fourth-order valence-electron chi connectivity index (χ4n) is 1.84. The molecule has 1 aliphatic rings. The minimum Gasteiger partial charge on any atom is -0.315 e. The maximum absolute atomic E-state index is 11.8. The summed E-state index contributed by atoms with van der Waals surface area (Å²) in [6, 6.07) is 9.28. The molecule has 1 unspecified atom stereocenters. The van der Waals surface area contributed by atoms with Gasteiger partial charge in [-0.3, -0.25) is 0 Å². The maximum atomic E-state index is 11.8. The lowest BCUT2D eigenvalue weighted by atomic mass is 10.2. The van der Waals surface area contributed by atoms with Crippen LogP contribution in [0, 0.1) is 0 Å². The Morgan fingerprint density at radius 3 is 2.59 bits per heavy atom. The van der Waals surface area contributed by atoms with Crippen LogP contribution in [-0.4, -0.2) is 27.5 Å². The van der Waals surface area contributed by atoms with Crippen molar-refractivity contribution in [1.82, 2.24) is 10.0 Å². The van der Waals surface area contributed by atoms with E-state index in [4.69, 9.17) is 0 Å². The van der Waals surface area contributed by atoms with Gasteiger partial charge in [0.2, 0.25) is 10.0 Å². The van der Waals surface area contributed by atoms with Crippen molar-refractivity contribution in [3.8, 4) is 0 Å². The SMILES string of the molecule is Cl.O=S(=O)(Cc1ccccc1)NC1CCNC1. The van der Waals surface area contributed by atoms with Gasteiger partial charge in [0.15, 0.2) is 0 Å². The van der Waals surface area contributed by atoms with E-state index < -0.39 is 10.0 Å². The Morgan fingerprint density at radius 2 is 2.00 bits per heavy atom. The van der Waals surface area contributed by atoms with Crippen molar-refractivity contribution in [1.29, 1.82) is 0 Å². The molecule has 1 atom stereocenters. The lowest BCUT2D eigenvalue weighted by molar-refractivity contribution is 0.559. The molecule has 0 spiro atoms. The van der Waals surface area contributed by atoms with Gasteiger partial charge in [-0.25, -0.2) is 13.1 Å². The van der Waals surface area contributed by atoms with E-state index in [1.54, 1.807) is 0 Å². The van der Waals surface area contributed by atoms with Crippen molar-refractivity contribution in [2.75, 3.05) is 13.1 Å². The highest BCUT2D eigenvalue weighted by molar-refractivity contribution is 7.88. The number of hydrogen-bond donors (Lipinski definition) is 2. The molecule has 0 saturated carbocycles. The Balaban J connectivity index is 0.00000144. The Morgan fingerprint density at radius 1 is 1.29 bits per heavy atom. The smallest absolute Gasteiger partial charge is 0.216 e. The zero-order valence-electron chi connectivity index (χ0n) is 9.43. The molecular weight excluding hydrogens is 260 g/mol. The van der Waals surface area contributed by atoms with Crippen LogP contribution < -0.4 is 10.0 Å². The van der Waals surface area contributed by atoms with E-state index >= 15 is 0 Å². The van der Waals surface area contributed by atoms with Crippen molar-refractivity contribution in [3.05, 3.63) is 35.9 Å². The summed E-state index contributed by atoms with van der Waals surface area (Å²) < 4.78 is 26.3. The van der Waals surface area contributed by atoms with Crippen LogP contribution in [0.1, 0.15) is 12.0 Å². The number of nitrogens with one attached hydrogen (secondary N) is 2. The fourth-order valence-corrected chi connectivity index (χ4v) is 3.27. The predicted octanol–water partition coefficient (Wildman–Crippen LogP) is 0.890. The third kappa shape index (κ3) is 4.63. The molecule has 1 aliphatic heterocycles. The molecule has 0 amide bonds. The van der Waals surface area contributed by atoms with Gasteiger partial charge in [-0.15, -0.1) is 12.4 Å². The van der Waals surface area contributed by atoms with Crippen LogP contribution in [0.25, 0.3) is 0 Å². The number of rotatable bonds is 4. The van der Waals surface area contributed by atoms with E-state index in [2.05, 4.69) is 10.0 Å². The Kier molecular flexibility index (Phi) is 5.39. The summed E-state index contributed by atoms with van der Waals surface area (Å²) in [5, 5.41) is 3.13. The molecule has 1 heterocycles. The molecule has 0 aliphatic carbocycles. The second-order valence-corrected chi connectivity index (χ2v) is 5.81. The Labute approximate surface area is 108 Å². The summed E-state index contributed by atoms with van der Waals surface area (Å²) in [5.41, 5.74) is 0.820. The summed E-state index contributed by atoms with van der Waals surface area (Å²) >= 11 is 0. The molecule has 0 bridgehead atoms. The summed E-state index contributed by atoms with van der Waals surface area (Å²) in [7, 11) is -3.21. The first-order valence-electron chi connectivity index (χ1n) is 5.40. The zero-order valence-corrected chi connectivity index (χ0v) is 11.1. The topological polar surface area (TPSA) is 58.2 Å². The number of halogens is 1. The molecule has 17 heavy (non-hydrogen) atoms. The van der Waals surface area contributed by atoms with Crippen molar-refractivity contribution in [2.45, 2.75) is 18.2 Å². The van der Waals surface area contributed by atoms with E-state index in [0.717, 1.165) is 25.1 Å². The van der Waals surface area contributed by atoms with Gasteiger partial charge in [0.1, 0.15) is 0 Å². The molecule has 1 fully saturated rings. The van der Waals surface area contributed by atoms with Gasteiger partial charge >= 0.3 is 0 Å². The summed E-state index contributed by atoms with van der Waals surface area (Å²) in [5.74, 6) is 0.0599. The first-order valence-corrected chi connectivity index (χ1v) is 7.05. The molecule has 2 rings (SSSR count). The largest absolute Gasteiger partial charge is 0.315 e. The van der Waals surface area contributed by atoms with Gasteiger partial charge in [0.25, 0.3) is 0 Å². The van der Waals surface area contributed by atoms with Crippen LogP contribution >= 0.6 is 12.4 Å². The van der Waals surface area contributed by atoms with E-state index in [1.807, 2.05) is 30.3 Å². The molecule has 96 valence electrons. The molecule has 1 aromatic carbocycles. The highest BCUT2D eigenvalue weighted by Gasteiger charge is 2.20. The highest BCUT2D eigenvalue weighted by Crippen LogP contribution is 2.06. The van der Waals surface area contributed by atoms with E-state index in [9.17, 15) is 8.42 Å². The predicted molar refractivity (Wildman–Crippen MR) is 70.7 cm³/mol. The molecule has 0 aromatic heterocycles. The van der Waals surface area contributed by atoms with Crippen molar-refractivity contribution < 1.29 is 8.42 Å². The van der Waals surface area contributed by atoms with Gasteiger partial charge < -0.3 is 5.32 Å². The minimum atomic E-state index is -3.21. The van der Waals surface area contributed by atoms with Crippen molar-refractivity contribution in [3.63, 3.8) is 0 Å². The van der Waals surface area contributed by atoms with Gasteiger partial charge in [-0.05, 0) is 18.5 Å². The van der Waals surface area contributed by atoms with Gasteiger partial charge in [0, 0.05) is 12.6 Å². The second-order valence-electron chi connectivity index (χ2n) is 4.05. The van der Waals surface area contributed by atoms with Crippen molar-refractivity contribution in [2.24, 2.45) is 0 Å². The highest BCUT2D eigenvalue weighted by atomic mass is 35.5. The van der Waals surface area contributed by atoms with Gasteiger partial charge in [0.05, 0.1) is 5.75 Å². The van der Waals surface area contributed by atoms with E-state index in [1.165, 1.54) is 0 Å². The third-order valence-electron chi connectivity index (χ3n) is 2.61. The first kappa shape index (κ1) is 14.4. The quantitative estimate of drug-likeness (QED) is 0.859. The number of sulfonamides is 1. The zero-order chi connectivity index (χ0) is 11.4. The maximum Gasteiger partial charge on any atom is 0.216 e. The second kappa shape index (κ2) is 6.35. The molecule has 6 heteroatoms. The normalized spacial score (nSPS) is 19.9. The van der Waals surface area contributed by atoms with Crippen LogP contribution in [0.15, 0.2) is 30.3 Å². The average molecular weight is 277 g/mol.